The molecule has 0 saturated carbocycles. The topological polar surface area (TPSA) is 212 Å². The number of aliphatic imine (C=N–C) groups is 1. The van der Waals surface area contributed by atoms with E-state index in [1.807, 2.05) is 0 Å². The number of phenolic OH excluding ortho intramolecular Hbond substituents is 1. The molecule has 0 spiro atoms. The van der Waals surface area contributed by atoms with E-state index in [2.05, 4.69) is 20.9 Å². The largest absolute Gasteiger partial charge is 0.508 e. The first-order valence-corrected chi connectivity index (χ1v) is 12.9. The van der Waals surface area contributed by atoms with Gasteiger partial charge in [-0.3, -0.25) is 19.4 Å². The van der Waals surface area contributed by atoms with Crippen LogP contribution in [0.5, 0.6) is 5.75 Å². The van der Waals surface area contributed by atoms with Crippen LogP contribution in [0.4, 0.5) is 0 Å². The van der Waals surface area contributed by atoms with Crippen molar-refractivity contribution in [3.63, 3.8) is 0 Å². The van der Waals surface area contributed by atoms with E-state index >= 15 is 0 Å². The second-order valence-electron chi connectivity index (χ2n) is 9.62. The van der Waals surface area contributed by atoms with E-state index in [0.717, 1.165) is 6.42 Å². The molecule has 2 heterocycles. The second-order valence-corrected chi connectivity index (χ2v) is 9.62. The molecule has 9 N–H and O–H groups in total. The number of hydrogen-bond acceptors (Lipinski definition) is 7. The van der Waals surface area contributed by atoms with Crippen LogP contribution in [0.15, 0.2) is 29.3 Å². The Morgan fingerprint density at radius 3 is 2.45 bits per heavy atom. The Morgan fingerprint density at radius 2 is 1.82 bits per heavy atom. The zero-order valence-corrected chi connectivity index (χ0v) is 21.3. The molecular formula is C25H37N7O6. The summed E-state index contributed by atoms with van der Waals surface area (Å²) >= 11 is 0. The summed E-state index contributed by atoms with van der Waals surface area (Å²) in [6.45, 7) is 1.21. The highest BCUT2D eigenvalue weighted by Crippen LogP contribution is 2.20. The number of carbonyl (C=O) groups excluding carboxylic acids is 3. The van der Waals surface area contributed by atoms with E-state index < -0.39 is 42.0 Å². The minimum Gasteiger partial charge on any atom is -0.508 e. The fourth-order valence-electron chi connectivity index (χ4n) is 4.78. The number of phenols is 1. The molecule has 38 heavy (non-hydrogen) atoms. The molecular weight excluding hydrogens is 494 g/mol. The zero-order valence-electron chi connectivity index (χ0n) is 21.3. The lowest BCUT2D eigenvalue weighted by Gasteiger charge is -2.29. The number of rotatable bonds is 12. The monoisotopic (exact) mass is 531 g/mol. The molecule has 4 unspecified atom stereocenters. The van der Waals surface area contributed by atoms with Crippen LogP contribution in [0.1, 0.15) is 44.1 Å². The van der Waals surface area contributed by atoms with Crippen LogP contribution in [-0.2, 0) is 25.6 Å². The van der Waals surface area contributed by atoms with Crippen molar-refractivity contribution in [3.05, 3.63) is 29.8 Å². The number of amides is 3. The molecule has 3 rings (SSSR count). The van der Waals surface area contributed by atoms with Crippen molar-refractivity contribution in [2.24, 2.45) is 16.5 Å². The van der Waals surface area contributed by atoms with Gasteiger partial charge in [-0.05, 0) is 62.8 Å². The number of benzene rings is 1. The smallest absolute Gasteiger partial charge is 0.326 e. The molecule has 0 aromatic heterocycles. The number of carboxylic acids is 1. The number of carbonyl (C=O) groups is 4. The fourth-order valence-corrected chi connectivity index (χ4v) is 4.78. The molecule has 1 aromatic rings. The third-order valence-electron chi connectivity index (χ3n) is 6.77. The molecule has 0 radical (unpaired) electrons. The van der Waals surface area contributed by atoms with Crippen LogP contribution in [0.25, 0.3) is 0 Å². The maximum atomic E-state index is 13.5. The quantitative estimate of drug-likeness (QED) is 0.0977. The first-order chi connectivity index (χ1) is 18.2. The number of aliphatic carboxylic acids is 1. The number of hydrogen-bond donors (Lipinski definition) is 7. The van der Waals surface area contributed by atoms with Crippen LogP contribution in [0.2, 0.25) is 0 Å². The van der Waals surface area contributed by atoms with E-state index in [1.54, 1.807) is 12.1 Å². The highest BCUT2D eigenvalue weighted by atomic mass is 16.4. The van der Waals surface area contributed by atoms with E-state index in [4.69, 9.17) is 11.5 Å². The van der Waals surface area contributed by atoms with Crippen LogP contribution < -0.4 is 27.4 Å². The second kappa shape index (κ2) is 13.6. The highest BCUT2D eigenvalue weighted by molar-refractivity contribution is 5.94. The lowest BCUT2D eigenvalue weighted by molar-refractivity contribution is -0.149. The summed E-state index contributed by atoms with van der Waals surface area (Å²) in [6, 6.07) is 2.87. The van der Waals surface area contributed by atoms with E-state index in [9.17, 15) is 29.4 Å². The number of likely N-dealkylation sites (tertiary alicyclic amines) is 1. The Hall–Kier alpha value is -3.87. The predicted octanol–water partition coefficient (Wildman–Crippen LogP) is -1.21. The molecule has 13 heteroatoms. The molecule has 0 aliphatic carbocycles. The highest BCUT2D eigenvalue weighted by Gasteiger charge is 2.38. The van der Waals surface area contributed by atoms with Crippen molar-refractivity contribution in [1.29, 1.82) is 0 Å². The molecule has 13 nitrogen and oxygen atoms in total. The molecule has 2 aliphatic rings. The van der Waals surface area contributed by atoms with Crippen LogP contribution in [-0.4, -0.2) is 88.6 Å². The molecule has 3 amide bonds. The minimum absolute atomic E-state index is 0.0685. The van der Waals surface area contributed by atoms with Gasteiger partial charge in [-0.1, -0.05) is 12.1 Å². The number of aromatic hydroxyl groups is 1. The number of carboxylic acid groups (broad SMARTS) is 1. The Morgan fingerprint density at radius 1 is 1.08 bits per heavy atom. The van der Waals surface area contributed by atoms with E-state index in [0.29, 0.717) is 37.8 Å². The third-order valence-corrected chi connectivity index (χ3v) is 6.77. The lowest BCUT2D eigenvalue weighted by atomic mass is 10.0. The summed E-state index contributed by atoms with van der Waals surface area (Å²) in [7, 11) is 0. The normalized spacial score (nSPS) is 20.4. The van der Waals surface area contributed by atoms with Gasteiger partial charge in [0.1, 0.15) is 23.9 Å². The number of guanidine groups is 1. The fraction of sp³-hybridized carbons (Fsp3) is 0.560. The lowest BCUT2D eigenvalue weighted by Crippen LogP contribution is -2.57. The van der Waals surface area contributed by atoms with Gasteiger partial charge in [0.25, 0.3) is 0 Å². The van der Waals surface area contributed by atoms with Crippen LogP contribution in [0.3, 0.4) is 0 Å². The summed E-state index contributed by atoms with van der Waals surface area (Å²) in [5.74, 6) is -2.51. The molecule has 1 aromatic carbocycles. The molecule has 0 bridgehead atoms. The van der Waals surface area contributed by atoms with E-state index in [-0.39, 0.29) is 43.5 Å². The summed E-state index contributed by atoms with van der Waals surface area (Å²) < 4.78 is 0. The summed E-state index contributed by atoms with van der Waals surface area (Å²) in [5.41, 5.74) is 11.5. The number of nitrogens with one attached hydrogen (secondary N) is 3. The summed E-state index contributed by atoms with van der Waals surface area (Å²) in [4.78, 5) is 56.6. The van der Waals surface area contributed by atoms with Gasteiger partial charge in [-0.15, -0.1) is 0 Å². The maximum absolute atomic E-state index is 13.5. The first kappa shape index (κ1) is 28.7. The van der Waals surface area contributed by atoms with Crippen LogP contribution >= 0.6 is 0 Å². The summed E-state index contributed by atoms with van der Waals surface area (Å²) in [6.07, 6.45) is 3.04. The number of nitrogens with two attached hydrogens (primary N) is 2. The van der Waals surface area contributed by atoms with Gasteiger partial charge >= 0.3 is 5.97 Å². The molecule has 2 fully saturated rings. The van der Waals surface area contributed by atoms with Gasteiger partial charge in [0.15, 0.2) is 5.96 Å². The standard InChI is InChI=1S/C25H37N7O6/c26-25(27)29-12-2-5-18(23(36)32-13-3-6-20(32)24(37)38)30-22(35)19(14-15-7-9-16(33)10-8-15)31-21(34)17-4-1-11-28-17/h7-10,17-20,28,33H,1-6,11-14H2,(H,30,35)(H,31,34)(H,37,38)(H4,26,27,29). The SMILES string of the molecule is NC(N)=NCCCC(NC(=O)C(Cc1ccc(O)cc1)NC(=O)C1CCCN1)C(=O)N1CCCC1C(=O)O. The molecule has 208 valence electrons. The minimum atomic E-state index is -1.09. The molecule has 4 atom stereocenters. The van der Waals surface area contributed by atoms with E-state index in [1.165, 1.54) is 17.0 Å². The van der Waals surface area contributed by atoms with Crippen molar-refractivity contribution in [3.8, 4) is 5.75 Å². The predicted molar refractivity (Wildman–Crippen MR) is 139 cm³/mol. The Balaban J connectivity index is 1.78. The van der Waals surface area contributed by atoms with Gasteiger partial charge in [-0.25, -0.2) is 4.79 Å². The molecule has 2 aliphatic heterocycles. The van der Waals surface area contributed by atoms with Gasteiger partial charge in [-0.2, -0.15) is 0 Å². The van der Waals surface area contributed by atoms with Crippen molar-refractivity contribution in [2.75, 3.05) is 19.6 Å². The van der Waals surface area contributed by atoms with Crippen molar-refractivity contribution in [1.82, 2.24) is 20.9 Å². The average Bonchev–Trinajstić information content (AvgIpc) is 3.59. The Labute approximate surface area is 221 Å². The zero-order chi connectivity index (χ0) is 27.7. The Kier molecular flexibility index (Phi) is 10.3. The Bertz CT molecular complexity index is 1020. The van der Waals surface area contributed by atoms with Crippen molar-refractivity contribution < 1.29 is 29.4 Å². The summed E-state index contributed by atoms with van der Waals surface area (Å²) in [5, 5.41) is 27.8. The maximum Gasteiger partial charge on any atom is 0.326 e. The van der Waals surface area contributed by atoms with Gasteiger partial charge in [0.2, 0.25) is 17.7 Å². The third kappa shape index (κ3) is 8.07. The van der Waals surface area contributed by atoms with Gasteiger partial charge < -0.3 is 42.5 Å². The van der Waals surface area contributed by atoms with Gasteiger partial charge in [0.05, 0.1) is 6.04 Å². The number of nitrogens with zero attached hydrogens (tertiary/aromatic N) is 2. The molecule has 2 saturated heterocycles. The van der Waals surface area contributed by atoms with Crippen molar-refractivity contribution in [2.45, 2.75) is 69.1 Å². The van der Waals surface area contributed by atoms with Gasteiger partial charge in [0, 0.05) is 19.5 Å². The van der Waals surface area contributed by atoms with Crippen molar-refractivity contribution >= 4 is 29.7 Å². The first-order valence-electron chi connectivity index (χ1n) is 12.9. The van der Waals surface area contributed by atoms with Crippen LogP contribution in [0, 0.1) is 0 Å². The average molecular weight is 532 g/mol.